The maximum atomic E-state index is 6.02. The Labute approximate surface area is 108 Å². The van der Waals surface area contributed by atoms with Crippen LogP contribution < -0.4 is 5.32 Å². The quantitative estimate of drug-likeness (QED) is 0.723. The molecular weight excluding hydrogens is 252 g/mol. The van der Waals surface area contributed by atoms with Gasteiger partial charge in [-0.15, -0.1) is 11.3 Å². The van der Waals surface area contributed by atoms with Crippen molar-refractivity contribution in [2.24, 2.45) is 0 Å². The molecule has 4 heteroatoms. The third kappa shape index (κ3) is 2.12. The molecule has 2 nitrogen and oxygen atoms in total. The van der Waals surface area contributed by atoms with Crippen LogP contribution in [-0.4, -0.2) is 4.98 Å². The van der Waals surface area contributed by atoms with Gasteiger partial charge in [0.15, 0.2) is 0 Å². The van der Waals surface area contributed by atoms with Crippen molar-refractivity contribution in [1.82, 2.24) is 4.98 Å². The molecule has 2 heterocycles. The summed E-state index contributed by atoms with van der Waals surface area (Å²) < 4.78 is 1.88. The number of hydrogen-bond acceptors (Lipinski definition) is 3. The lowest BCUT2D eigenvalue weighted by Crippen LogP contribution is -1.90. The van der Waals surface area contributed by atoms with Gasteiger partial charge in [-0.3, -0.25) is 4.98 Å². The Morgan fingerprint density at radius 2 is 1.94 bits per heavy atom. The summed E-state index contributed by atoms with van der Waals surface area (Å²) in [5, 5.41) is 4.46. The van der Waals surface area contributed by atoms with Crippen molar-refractivity contribution in [1.29, 1.82) is 0 Å². The second-order valence-corrected chi connectivity index (χ2v) is 5.36. The topological polar surface area (TPSA) is 24.9 Å². The van der Waals surface area contributed by atoms with Gasteiger partial charge in [-0.25, -0.2) is 0 Å². The lowest BCUT2D eigenvalue weighted by Gasteiger charge is -2.06. The molecule has 0 aliphatic carbocycles. The van der Waals surface area contributed by atoms with E-state index in [0.717, 1.165) is 25.8 Å². The van der Waals surface area contributed by atoms with Crippen LogP contribution in [0.15, 0.2) is 48.8 Å². The molecule has 2 aromatic heterocycles. The molecule has 3 aromatic rings. The van der Waals surface area contributed by atoms with E-state index in [2.05, 4.69) is 10.3 Å². The van der Waals surface area contributed by atoms with Crippen molar-refractivity contribution < 1.29 is 0 Å². The summed E-state index contributed by atoms with van der Waals surface area (Å²) in [5.41, 5.74) is 2.03. The summed E-state index contributed by atoms with van der Waals surface area (Å²) in [7, 11) is 0. The molecule has 0 unspecified atom stereocenters. The highest BCUT2D eigenvalue weighted by atomic mass is 35.5. The predicted octanol–water partition coefficient (Wildman–Crippen LogP) is 4.69. The molecule has 0 radical (unpaired) electrons. The number of fused-ring (bicyclic) bond motifs is 1. The average Bonchev–Trinajstić information content (AvgIpc) is 2.72. The molecule has 0 saturated heterocycles. The Kier molecular flexibility index (Phi) is 2.71. The van der Waals surface area contributed by atoms with E-state index in [-0.39, 0.29) is 0 Å². The minimum Gasteiger partial charge on any atom is -0.354 e. The van der Waals surface area contributed by atoms with Crippen LogP contribution in [-0.2, 0) is 0 Å². The molecule has 1 aromatic carbocycles. The maximum Gasteiger partial charge on any atom is 0.0942 e. The first kappa shape index (κ1) is 10.6. The highest BCUT2D eigenvalue weighted by Crippen LogP contribution is 2.34. The molecule has 0 bridgehead atoms. The molecule has 0 saturated carbocycles. The van der Waals surface area contributed by atoms with Crippen LogP contribution in [0.25, 0.3) is 10.1 Å². The minimum atomic E-state index is 0.782. The van der Waals surface area contributed by atoms with Gasteiger partial charge in [0.1, 0.15) is 0 Å². The Hall–Kier alpha value is -1.58. The summed E-state index contributed by atoms with van der Waals surface area (Å²) >= 11 is 7.56. The first-order valence-corrected chi connectivity index (χ1v) is 6.37. The van der Waals surface area contributed by atoms with Crippen LogP contribution >= 0.6 is 22.9 Å². The number of pyridine rings is 1. The average molecular weight is 261 g/mol. The van der Waals surface area contributed by atoms with E-state index < -0.39 is 0 Å². The molecule has 0 fully saturated rings. The predicted molar refractivity (Wildman–Crippen MR) is 74.4 cm³/mol. The van der Waals surface area contributed by atoms with Crippen molar-refractivity contribution in [2.75, 3.05) is 5.32 Å². The second kappa shape index (κ2) is 4.35. The van der Waals surface area contributed by atoms with Gasteiger partial charge in [0.2, 0.25) is 0 Å². The van der Waals surface area contributed by atoms with Crippen molar-refractivity contribution >= 4 is 44.4 Å². The number of para-hydroxylation sites is 1. The van der Waals surface area contributed by atoms with Gasteiger partial charge in [0.25, 0.3) is 0 Å². The fourth-order valence-corrected chi connectivity index (χ4v) is 2.84. The Morgan fingerprint density at radius 3 is 2.76 bits per heavy atom. The number of nitrogens with zero attached hydrogens (tertiary/aromatic N) is 1. The molecule has 3 rings (SSSR count). The van der Waals surface area contributed by atoms with Gasteiger partial charge in [0, 0.05) is 17.3 Å². The molecule has 0 aliphatic rings. The molecule has 0 amide bonds. The van der Waals surface area contributed by atoms with E-state index in [1.165, 1.54) is 11.3 Å². The number of nitrogens with one attached hydrogen (secondary N) is 1. The van der Waals surface area contributed by atoms with E-state index in [0.29, 0.717) is 0 Å². The van der Waals surface area contributed by atoms with E-state index in [1.54, 1.807) is 0 Å². The van der Waals surface area contributed by atoms with Crippen LogP contribution in [0.2, 0.25) is 4.34 Å². The third-order valence-corrected chi connectivity index (χ3v) is 3.67. The van der Waals surface area contributed by atoms with Crippen LogP contribution in [0.5, 0.6) is 0 Å². The standard InChI is InChI=1S/C13H9ClN2S/c14-13-6-10-11(7-15-8-12(10)17-13)16-9-4-2-1-3-5-9/h1-8,16H. The summed E-state index contributed by atoms with van der Waals surface area (Å²) in [6.45, 7) is 0. The number of rotatable bonds is 2. The highest BCUT2D eigenvalue weighted by molar-refractivity contribution is 7.22. The number of anilines is 2. The zero-order chi connectivity index (χ0) is 11.7. The SMILES string of the molecule is Clc1cc2c(Nc3ccccc3)cncc2s1. The normalized spacial score (nSPS) is 10.6. The van der Waals surface area contributed by atoms with Gasteiger partial charge in [-0.05, 0) is 18.2 Å². The van der Waals surface area contributed by atoms with Crippen LogP contribution in [0.4, 0.5) is 11.4 Å². The van der Waals surface area contributed by atoms with Crippen molar-refractivity contribution in [3.8, 4) is 0 Å². The van der Waals surface area contributed by atoms with Gasteiger partial charge in [-0.1, -0.05) is 29.8 Å². The molecule has 84 valence electrons. The lowest BCUT2D eigenvalue weighted by molar-refractivity contribution is 1.36. The molecule has 1 N–H and O–H groups in total. The fraction of sp³-hybridized carbons (Fsp3) is 0. The number of aromatic nitrogens is 1. The fourth-order valence-electron chi connectivity index (χ4n) is 1.71. The molecule has 0 spiro atoms. The zero-order valence-electron chi connectivity index (χ0n) is 8.85. The Morgan fingerprint density at radius 1 is 1.12 bits per heavy atom. The van der Waals surface area contributed by atoms with E-state index >= 15 is 0 Å². The summed E-state index contributed by atoms with van der Waals surface area (Å²) in [6, 6.07) is 12.0. The lowest BCUT2D eigenvalue weighted by atomic mass is 10.2. The highest BCUT2D eigenvalue weighted by Gasteiger charge is 2.05. The first-order valence-electron chi connectivity index (χ1n) is 5.18. The van der Waals surface area contributed by atoms with Crippen LogP contribution in [0.1, 0.15) is 0 Å². The van der Waals surface area contributed by atoms with Gasteiger partial charge >= 0.3 is 0 Å². The first-order chi connectivity index (χ1) is 8.33. The Balaban J connectivity index is 2.06. The minimum absolute atomic E-state index is 0.782. The number of halogens is 1. The number of thiophene rings is 1. The van der Waals surface area contributed by atoms with Crippen molar-refractivity contribution in [3.05, 3.63) is 53.1 Å². The van der Waals surface area contributed by atoms with Crippen molar-refractivity contribution in [2.45, 2.75) is 0 Å². The van der Waals surface area contributed by atoms with Crippen LogP contribution in [0, 0.1) is 0 Å². The molecule has 0 aliphatic heterocycles. The number of benzene rings is 1. The Bertz CT molecular complexity index is 649. The van der Waals surface area contributed by atoms with E-state index in [4.69, 9.17) is 11.6 Å². The van der Waals surface area contributed by atoms with Gasteiger partial charge < -0.3 is 5.32 Å². The summed E-state index contributed by atoms with van der Waals surface area (Å²) in [4.78, 5) is 4.21. The summed E-state index contributed by atoms with van der Waals surface area (Å²) in [5.74, 6) is 0. The smallest absolute Gasteiger partial charge is 0.0942 e. The molecule has 0 atom stereocenters. The van der Waals surface area contributed by atoms with Gasteiger partial charge in [0.05, 0.1) is 20.9 Å². The van der Waals surface area contributed by atoms with Crippen LogP contribution in [0.3, 0.4) is 0 Å². The monoisotopic (exact) mass is 260 g/mol. The zero-order valence-corrected chi connectivity index (χ0v) is 10.4. The third-order valence-electron chi connectivity index (χ3n) is 2.47. The summed E-state index contributed by atoms with van der Waals surface area (Å²) in [6.07, 6.45) is 3.65. The van der Waals surface area contributed by atoms with Gasteiger partial charge in [-0.2, -0.15) is 0 Å². The van der Waals surface area contributed by atoms with E-state index in [1.807, 2.05) is 48.8 Å². The largest absolute Gasteiger partial charge is 0.354 e. The van der Waals surface area contributed by atoms with E-state index in [9.17, 15) is 0 Å². The molecular formula is C13H9ClN2S. The second-order valence-electron chi connectivity index (χ2n) is 3.64. The molecule has 17 heavy (non-hydrogen) atoms. The number of hydrogen-bond donors (Lipinski definition) is 1. The maximum absolute atomic E-state index is 6.02. The van der Waals surface area contributed by atoms with Crippen molar-refractivity contribution in [3.63, 3.8) is 0 Å².